The molecule has 4 heteroatoms. The Morgan fingerprint density at radius 2 is 1.00 bits per heavy atom. The van der Waals surface area contributed by atoms with E-state index in [1.165, 1.54) is 80.8 Å². The minimum absolute atomic E-state index is 0.00225. The van der Waals surface area contributed by atoms with Crippen LogP contribution in [0, 0.1) is 0 Å². The van der Waals surface area contributed by atoms with E-state index in [-0.39, 0.29) is 11.2 Å². The second-order valence-electron chi connectivity index (χ2n) is 10.6. The van der Waals surface area contributed by atoms with E-state index in [1.807, 2.05) is 0 Å². The van der Waals surface area contributed by atoms with Gasteiger partial charge in [-0.2, -0.15) is 0 Å². The van der Waals surface area contributed by atoms with Crippen molar-refractivity contribution < 1.29 is 9.47 Å². The molecule has 4 aliphatic heterocycles. The first-order valence-corrected chi connectivity index (χ1v) is 13.2. The van der Waals surface area contributed by atoms with Gasteiger partial charge in [0.15, 0.2) is 0 Å². The summed E-state index contributed by atoms with van der Waals surface area (Å²) in [5, 5.41) is 0. The van der Waals surface area contributed by atoms with Crippen molar-refractivity contribution in [3.05, 3.63) is 70.8 Å². The summed E-state index contributed by atoms with van der Waals surface area (Å²) in [5.41, 5.74) is 5.72. The Morgan fingerprint density at radius 3 is 1.45 bits per heavy atom. The van der Waals surface area contributed by atoms with E-state index in [0.29, 0.717) is 0 Å². The molecule has 0 amide bonds. The van der Waals surface area contributed by atoms with E-state index in [2.05, 4.69) is 58.3 Å². The van der Waals surface area contributed by atoms with Gasteiger partial charge in [0.1, 0.15) is 0 Å². The minimum atomic E-state index is 0.00225. The first-order valence-electron chi connectivity index (χ1n) is 13.2. The predicted octanol–water partition coefficient (Wildman–Crippen LogP) is 5.20. The zero-order chi connectivity index (χ0) is 22.1. The quantitative estimate of drug-likeness (QED) is 0.570. The summed E-state index contributed by atoms with van der Waals surface area (Å²) in [5.74, 6) is 0. The van der Waals surface area contributed by atoms with Gasteiger partial charge >= 0.3 is 0 Å². The minimum Gasteiger partial charge on any atom is -0.365 e. The summed E-state index contributed by atoms with van der Waals surface area (Å²) < 4.78 is 12.6. The van der Waals surface area contributed by atoms with Crippen molar-refractivity contribution in [2.75, 3.05) is 39.3 Å². The summed E-state index contributed by atoms with van der Waals surface area (Å²) in [4.78, 5) is 5.32. The van der Waals surface area contributed by atoms with Crippen molar-refractivity contribution >= 4 is 0 Å². The number of benzene rings is 2. The number of ether oxygens (including phenoxy) is 2. The number of fused-ring (bicyclic) bond motifs is 4. The highest BCUT2D eigenvalue weighted by atomic mass is 16.5. The van der Waals surface area contributed by atoms with Gasteiger partial charge in [-0.25, -0.2) is 0 Å². The van der Waals surface area contributed by atoms with Crippen LogP contribution in [0.5, 0.6) is 0 Å². The Bertz CT molecular complexity index is 880. The SMILES string of the molecule is c1ccc2c(c1)COC21CCN(CCCCCN2CCC3(CC2)OCc2ccccc23)CC1. The number of likely N-dealkylation sites (tertiary alicyclic amines) is 2. The van der Waals surface area contributed by atoms with Crippen molar-refractivity contribution in [2.24, 2.45) is 0 Å². The lowest BCUT2D eigenvalue weighted by Gasteiger charge is -2.39. The Balaban J connectivity index is 0.892. The van der Waals surface area contributed by atoms with Crippen molar-refractivity contribution in [3.63, 3.8) is 0 Å². The van der Waals surface area contributed by atoms with Crippen molar-refractivity contribution in [1.82, 2.24) is 9.80 Å². The highest BCUT2D eigenvalue weighted by molar-refractivity contribution is 5.36. The molecule has 0 saturated carbocycles. The first kappa shape index (κ1) is 21.8. The van der Waals surface area contributed by atoms with Crippen LogP contribution in [0.2, 0.25) is 0 Å². The molecule has 6 rings (SSSR count). The lowest BCUT2D eigenvalue weighted by atomic mass is 9.83. The largest absolute Gasteiger partial charge is 0.365 e. The molecule has 0 aliphatic carbocycles. The molecule has 0 aromatic heterocycles. The standard InChI is InChI=1S/C29H38N2O2/c1(6-16-30-18-12-28(13-19-30)26-10-4-2-8-24(26)22-32-28)7-17-31-20-14-29(15-21-31)27-11-5-3-9-25(27)23-33-29/h2-5,8-11H,1,6-7,12-23H2. The van der Waals surface area contributed by atoms with E-state index in [0.717, 1.165) is 38.9 Å². The molecule has 2 aromatic carbocycles. The van der Waals surface area contributed by atoms with E-state index in [4.69, 9.17) is 9.47 Å². The third-order valence-electron chi connectivity index (χ3n) is 8.80. The molecule has 0 bridgehead atoms. The Hall–Kier alpha value is -1.72. The molecule has 0 unspecified atom stereocenters. The van der Waals surface area contributed by atoms with Crippen LogP contribution >= 0.6 is 0 Å². The highest BCUT2D eigenvalue weighted by Crippen LogP contribution is 2.45. The molecular formula is C29H38N2O2. The van der Waals surface area contributed by atoms with Crippen LogP contribution in [0.25, 0.3) is 0 Å². The van der Waals surface area contributed by atoms with E-state index < -0.39 is 0 Å². The normalized spacial score (nSPS) is 23.8. The number of nitrogens with zero attached hydrogens (tertiary/aromatic N) is 2. The molecule has 2 aromatic rings. The maximum atomic E-state index is 6.32. The summed E-state index contributed by atoms with van der Waals surface area (Å²) >= 11 is 0. The second kappa shape index (κ2) is 9.14. The number of rotatable bonds is 6. The molecule has 0 N–H and O–H groups in total. The lowest BCUT2D eigenvalue weighted by Crippen LogP contribution is -2.43. The van der Waals surface area contributed by atoms with Crippen LogP contribution in [0.15, 0.2) is 48.5 Å². The number of piperidine rings is 2. The smallest absolute Gasteiger partial charge is 0.0963 e. The second-order valence-corrected chi connectivity index (χ2v) is 10.6. The van der Waals surface area contributed by atoms with Crippen LogP contribution in [0.4, 0.5) is 0 Å². The molecular weight excluding hydrogens is 408 g/mol. The van der Waals surface area contributed by atoms with Gasteiger partial charge < -0.3 is 19.3 Å². The van der Waals surface area contributed by atoms with Gasteiger partial charge in [-0.05, 0) is 73.9 Å². The van der Waals surface area contributed by atoms with Gasteiger partial charge in [-0.1, -0.05) is 55.0 Å². The van der Waals surface area contributed by atoms with Crippen molar-refractivity contribution in [2.45, 2.75) is 69.4 Å². The van der Waals surface area contributed by atoms with Gasteiger partial charge in [-0.3, -0.25) is 0 Å². The Morgan fingerprint density at radius 1 is 0.576 bits per heavy atom. The van der Waals surface area contributed by atoms with Crippen LogP contribution < -0.4 is 0 Å². The molecule has 0 radical (unpaired) electrons. The Kier molecular flexibility index (Phi) is 6.04. The average molecular weight is 447 g/mol. The van der Waals surface area contributed by atoms with Gasteiger partial charge in [-0.15, -0.1) is 0 Å². The van der Waals surface area contributed by atoms with Crippen LogP contribution in [-0.2, 0) is 33.9 Å². The summed E-state index contributed by atoms with van der Waals surface area (Å²) in [6, 6.07) is 17.7. The van der Waals surface area contributed by atoms with E-state index >= 15 is 0 Å². The summed E-state index contributed by atoms with van der Waals surface area (Å²) in [6.45, 7) is 8.76. The van der Waals surface area contributed by atoms with Crippen LogP contribution in [0.3, 0.4) is 0 Å². The Labute approximate surface area is 198 Å². The molecule has 2 spiro atoms. The molecule has 2 saturated heterocycles. The van der Waals surface area contributed by atoms with Crippen molar-refractivity contribution in [1.29, 1.82) is 0 Å². The summed E-state index contributed by atoms with van der Waals surface area (Å²) in [7, 11) is 0. The molecule has 33 heavy (non-hydrogen) atoms. The number of unbranched alkanes of at least 4 members (excludes halogenated alkanes) is 2. The fourth-order valence-electron chi connectivity index (χ4n) is 6.72. The maximum absolute atomic E-state index is 6.32. The zero-order valence-corrected chi connectivity index (χ0v) is 19.9. The number of hydrogen-bond donors (Lipinski definition) is 0. The molecule has 4 heterocycles. The monoisotopic (exact) mass is 446 g/mol. The third kappa shape index (κ3) is 4.16. The van der Waals surface area contributed by atoms with Crippen LogP contribution in [-0.4, -0.2) is 49.1 Å². The maximum Gasteiger partial charge on any atom is 0.0963 e. The fourth-order valence-corrected chi connectivity index (χ4v) is 6.72. The third-order valence-corrected chi connectivity index (χ3v) is 8.80. The molecule has 4 aliphatic rings. The van der Waals surface area contributed by atoms with Gasteiger partial charge in [0, 0.05) is 26.2 Å². The van der Waals surface area contributed by atoms with Gasteiger partial charge in [0.25, 0.3) is 0 Å². The van der Waals surface area contributed by atoms with Gasteiger partial charge in [0.2, 0.25) is 0 Å². The van der Waals surface area contributed by atoms with E-state index in [1.54, 1.807) is 0 Å². The average Bonchev–Trinajstić information content (AvgIpc) is 3.41. The van der Waals surface area contributed by atoms with Crippen molar-refractivity contribution in [3.8, 4) is 0 Å². The fraction of sp³-hybridized carbons (Fsp3) is 0.586. The number of hydrogen-bond acceptors (Lipinski definition) is 4. The van der Waals surface area contributed by atoms with E-state index in [9.17, 15) is 0 Å². The highest BCUT2D eigenvalue weighted by Gasteiger charge is 2.43. The van der Waals surface area contributed by atoms with Crippen LogP contribution in [0.1, 0.15) is 67.2 Å². The zero-order valence-electron chi connectivity index (χ0n) is 19.9. The predicted molar refractivity (Wildman–Crippen MR) is 131 cm³/mol. The first-order chi connectivity index (χ1) is 16.3. The molecule has 4 nitrogen and oxygen atoms in total. The lowest BCUT2D eigenvalue weighted by molar-refractivity contribution is -0.0794. The summed E-state index contributed by atoms with van der Waals surface area (Å²) in [6.07, 6.45) is 8.55. The molecule has 176 valence electrons. The topological polar surface area (TPSA) is 24.9 Å². The molecule has 0 atom stereocenters. The molecule has 2 fully saturated rings. The van der Waals surface area contributed by atoms with Gasteiger partial charge in [0.05, 0.1) is 24.4 Å².